The first kappa shape index (κ1) is 12.9. The minimum atomic E-state index is -0.718. The van der Waals surface area contributed by atoms with Crippen molar-refractivity contribution in [3.63, 3.8) is 0 Å². The molecule has 0 spiro atoms. The van der Waals surface area contributed by atoms with Gasteiger partial charge in [-0.1, -0.05) is 11.6 Å². The first-order valence-electron chi connectivity index (χ1n) is 6.72. The topological polar surface area (TPSA) is 58.4 Å². The molecule has 2 atom stereocenters. The van der Waals surface area contributed by atoms with Crippen LogP contribution in [0.3, 0.4) is 0 Å². The maximum atomic E-state index is 11.2. The molecule has 1 aromatic heterocycles. The maximum Gasteiger partial charge on any atom is 0.308 e. The van der Waals surface area contributed by atoms with Crippen LogP contribution in [0.5, 0.6) is 0 Å². The Bertz CT molecular complexity index is 514. The van der Waals surface area contributed by atoms with Crippen LogP contribution in [0.2, 0.25) is 5.15 Å². The van der Waals surface area contributed by atoms with Crippen molar-refractivity contribution in [2.24, 2.45) is 5.92 Å². The van der Waals surface area contributed by atoms with Crippen molar-refractivity contribution < 1.29 is 9.90 Å². The minimum Gasteiger partial charge on any atom is -0.481 e. The number of carboxylic acid groups (broad SMARTS) is 1. The molecule has 0 amide bonds. The molecule has 2 aliphatic rings. The van der Waals surface area contributed by atoms with Crippen molar-refractivity contribution in [2.75, 3.05) is 20.1 Å². The van der Waals surface area contributed by atoms with Crippen LogP contribution in [-0.2, 0) is 17.8 Å². The average molecular weight is 284 g/mol. The number of carbonyl (C=O) groups is 1. The van der Waals surface area contributed by atoms with Gasteiger partial charge in [0.05, 0.1) is 11.6 Å². The lowest BCUT2D eigenvalue weighted by atomic mass is 9.97. The molecule has 3 rings (SSSR count). The Kier molecular flexibility index (Phi) is 3.27. The van der Waals surface area contributed by atoms with Crippen LogP contribution < -0.4 is 0 Å². The Hall–Kier alpha value is -1.07. The summed E-state index contributed by atoms with van der Waals surface area (Å²) in [6.45, 7) is 2.55. The van der Waals surface area contributed by atoms with Crippen LogP contribution in [0.15, 0.2) is 0 Å². The number of nitrogens with zero attached hydrogens (tertiary/aromatic N) is 3. The average Bonchev–Trinajstić information content (AvgIpc) is 2.93. The van der Waals surface area contributed by atoms with Gasteiger partial charge < -0.3 is 14.6 Å². The highest BCUT2D eigenvalue weighted by atomic mass is 35.5. The van der Waals surface area contributed by atoms with Crippen LogP contribution in [-0.4, -0.2) is 45.7 Å². The molecule has 0 aliphatic carbocycles. The zero-order valence-electron chi connectivity index (χ0n) is 11.0. The van der Waals surface area contributed by atoms with Crippen molar-refractivity contribution in [3.8, 4) is 0 Å². The van der Waals surface area contributed by atoms with Crippen LogP contribution in [0.1, 0.15) is 30.3 Å². The summed E-state index contributed by atoms with van der Waals surface area (Å²) < 4.78 is 2.06. The Morgan fingerprint density at radius 3 is 2.84 bits per heavy atom. The predicted octanol–water partition coefficient (Wildman–Crippen LogP) is 1.60. The molecule has 1 fully saturated rings. The van der Waals surface area contributed by atoms with E-state index in [1.165, 1.54) is 0 Å². The molecule has 2 unspecified atom stereocenters. The van der Waals surface area contributed by atoms with E-state index in [0.717, 1.165) is 31.0 Å². The fraction of sp³-hybridized carbons (Fsp3) is 0.692. The van der Waals surface area contributed by atoms with Crippen molar-refractivity contribution >= 4 is 17.6 Å². The summed E-state index contributed by atoms with van der Waals surface area (Å²) in [5.74, 6) is 0.333. The number of fused-ring (bicyclic) bond motifs is 1. The molecular formula is C13H18ClN3O2. The fourth-order valence-electron chi connectivity index (χ4n) is 3.20. The first-order valence-corrected chi connectivity index (χ1v) is 7.10. The number of likely N-dealkylation sites (N-methyl/N-ethyl adjacent to an activating group) is 1. The standard InChI is InChI=1S/C13H18ClN3O2/c1-16-5-4-8(6-16)12-15-11(14)10-3-2-9(13(18)19)7-17(10)12/h8-9H,2-7H2,1H3,(H,18,19). The Morgan fingerprint density at radius 1 is 1.42 bits per heavy atom. The first-order chi connectivity index (χ1) is 9.06. The van der Waals surface area contributed by atoms with Gasteiger partial charge in [0.1, 0.15) is 5.82 Å². The van der Waals surface area contributed by atoms with Crippen molar-refractivity contribution in [1.29, 1.82) is 0 Å². The lowest BCUT2D eigenvalue weighted by Gasteiger charge is -2.24. The quantitative estimate of drug-likeness (QED) is 0.896. The van der Waals surface area contributed by atoms with Crippen molar-refractivity contribution in [2.45, 2.75) is 31.7 Å². The molecule has 5 nitrogen and oxygen atoms in total. The summed E-state index contributed by atoms with van der Waals surface area (Å²) in [5.41, 5.74) is 1.02. The van der Waals surface area contributed by atoms with E-state index in [2.05, 4.69) is 21.5 Å². The summed E-state index contributed by atoms with van der Waals surface area (Å²) in [4.78, 5) is 18.0. The Balaban J connectivity index is 1.92. The lowest BCUT2D eigenvalue weighted by molar-refractivity contribution is -0.142. The van der Waals surface area contributed by atoms with E-state index in [1.54, 1.807) is 0 Å². The molecule has 104 valence electrons. The smallest absolute Gasteiger partial charge is 0.308 e. The van der Waals surface area contributed by atoms with Gasteiger partial charge in [-0.15, -0.1) is 0 Å². The lowest BCUT2D eigenvalue weighted by Crippen LogP contribution is -2.28. The highest BCUT2D eigenvalue weighted by Crippen LogP contribution is 2.33. The Labute approximate surface area is 117 Å². The number of hydrogen-bond donors (Lipinski definition) is 1. The zero-order valence-corrected chi connectivity index (χ0v) is 11.7. The van der Waals surface area contributed by atoms with E-state index in [9.17, 15) is 9.90 Å². The van der Waals surface area contributed by atoms with Gasteiger partial charge in [-0.25, -0.2) is 4.98 Å². The van der Waals surface area contributed by atoms with Gasteiger partial charge >= 0.3 is 5.97 Å². The van der Waals surface area contributed by atoms with Gasteiger partial charge in [-0.3, -0.25) is 4.79 Å². The predicted molar refractivity (Wildman–Crippen MR) is 71.5 cm³/mol. The highest BCUT2D eigenvalue weighted by molar-refractivity contribution is 6.30. The number of carboxylic acids is 1. The van der Waals surface area contributed by atoms with E-state index in [0.29, 0.717) is 30.5 Å². The van der Waals surface area contributed by atoms with E-state index in [1.807, 2.05) is 0 Å². The number of imidazole rings is 1. The fourth-order valence-corrected chi connectivity index (χ4v) is 3.48. The Morgan fingerprint density at radius 2 is 2.21 bits per heavy atom. The van der Waals surface area contributed by atoms with Gasteiger partial charge in [0.2, 0.25) is 0 Å². The summed E-state index contributed by atoms with van der Waals surface area (Å²) in [6.07, 6.45) is 2.44. The summed E-state index contributed by atoms with van der Waals surface area (Å²) in [7, 11) is 2.10. The van der Waals surface area contributed by atoms with Crippen molar-refractivity contribution in [3.05, 3.63) is 16.7 Å². The number of rotatable bonds is 2. The second kappa shape index (κ2) is 4.80. The molecule has 19 heavy (non-hydrogen) atoms. The molecule has 6 heteroatoms. The van der Waals surface area contributed by atoms with E-state index >= 15 is 0 Å². The maximum absolute atomic E-state index is 11.2. The molecule has 0 radical (unpaired) electrons. The molecule has 0 bridgehead atoms. The molecular weight excluding hydrogens is 266 g/mol. The van der Waals surface area contributed by atoms with Crippen LogP contribution in [0.25, 0.3) is 0 Å². The van der Waals surface area contributed by atoms with Gasteiger partial charge in [0.25, 0.3) is 0 Å². The molecule has 1 aromatic rings. The highest BCUT2D eigenvalue weighted by Gasteiger charge is 2.32. The second-order valence-electron chi connectivity index (χ2n) is 5.64. The van der Waals surface area contributed by atoms with Gasteiger partial charge in [-0.2, -0.15) is 0 Å². The normalized spacial score (nSPS) is 27.5. The molecule has 2 aliphatic heterocycles. The number of halogens is 1. The van der Waals surface area contributed by atoms with E-state index in [4.69, 9.17) is 11.6 Å². The van der Waals surface area contributed by atoms with Gasteiger partial charge in [0, 0.05) is 19.0 Å². The monoisotopic (exact) mass is 283 g/mol. The summed E-state index contributed by atoms with van der Waals surface area (Å²) >= 11 is 6.21. The minimum absolute atomic E-state index is 0.310. The SMILES string of the molecule is CN1CCC(c2nc(Cl)c3n2CC(C(=O)O)CC3)C1. The number of aromatic nitrogens is 2. The number of hydrogen-bond acceptors (Lipinski definition) is 3. The third-order valence-electron chi connectivity index (χ3n) is 4.29. The van der Waals surface area contributed by atoms with Crippen LogP contribution in [0.4, 0.5) is 0 Å². The molecule has 1 saturated heterocycles. The van der Waals surface area contributed by atoms with Crippen LogP contribution in [0, 0.1) is 5.92 Å². The third kappa shape index (κ3) is 2.25. The zero-order chi connectivity index (χ0) is 13.6. The molecule has 1 N–H and O–H groups in total. The largest absolute Gasteiger partial charge is 0.481 e. The van der Waals surface area contributed by atoms with E-state index < -0.39 is 5.97 Å². The van der Waals surface area contributed by atoms with Gasteiger partial charge in [0.15, 0.2) is 5.15 Å². The molecule has 3 heterocycles. The number of likely N-dealkylation sites (tertiary alicyclic amines) is 1. The third-order valence-corrected chi connectivity index (χ3v) is 4.59. The molecule has 0 saturated carbocycles. The van der Waals surface area contributed by atoms with Gasteiger partial charge in [-0.05, 0) is 32.9 Å². The van der Waals surface area contributed by atoms with Crippen molar-refractivity contribution in [1.82, 2.24) is 14.5 Å². The second-order valence-corrected chi connectivity index (χ2v) is 6.00. The van der Waals surface area contributed by atoms with E-state index in [-0.39, 0.29) is 5.92 Å². The summed E-state index contributed by atoms with van der Waals surface area (Å²) in [6, 6.07) is 0. The van der Waals surface area contributed by atoms with Crippen LogP contribution >= 0.6 is 11.6 Å². The molecule has 0 aromatic carbocycles. The summed E-state index contributed by atoms with van der Waals surface area (Å²) in [5, 5.41) is 9.76. The number of aliphatic carboxylic acids is 1.